The van der Waals surface area contributed by atoms with Gasteiger partial charge in [0.15, 0.2) is 0 Å². The Balaban J connectivity index is 2.52. The summed E-state index contributed by atoms with van der Waals surface area (Å²) in [6, 6.07) is 0.235. The van der Waals surface area contributed by atoms with Crippen molar-refractivity contribution in [1.29, 1.82) is 0 Å². The zero-order valence-electron chi connectivity index (χ0n) is 11.9. The standard InChI is InChI=1S/C13H25N3O2/c1-5-11-8-16(7-6-12(11)14-18)9-13(17)15(4)10(2)3/h10-11,18H,5-9H2,1-4H3. The number of rotatable bonds is 4. The van der Waals surface area contributed by atoms with E-state index in [1.165, 1.54) is 0 Å². The predicted octanol–water partition coefficient (Wildman–Crippen LogP) is 1.42. The molecule has 1 unspecified atom stereocenters. The van der Waals surface area contributed by atoms with E-state index in [1.54, 1.807) is 4.90 Å². The SMILES string of the molecule is CCC1CN(CC(=O)N(C)C(C)C)CCC1=NO. The van der Waals surface area contributed by atoms with Gasteiger partial charge in [-0.2, -0.15) is 0 Å². The van der Waals surface area contributed by atoms with Crippen LogP contribution in [-0.4, -0.2) is 59.3 Å². The zero-order chi connectivity index (χ0) is 13.7. The smallest absolute Gasteiger partial charge is 0.236 e. The van der Waals surface area contributed by atoms with Crippen LogP contribution in [-0.2, 0) is 4.79 Å². The number of amides is 1. The van der Waals surface area contributed by atoms with Gasteiger partial charge in [0.1, 0.15) is 0 Å². The lowest BCUT2D eigenvalue weighted by Crippen LogP contribution is -2.47. The Morgan fingerprint density at radius 2 is 2.28 bits per heavy atom. The lowest BCUT2D eigenvalue weighted by molar-refractivity contribution is -0.132. The summed E-state index contributed by atoms with van der Waals surface area (Å²) < 4.78 is 0. The third-order valence-electron chi connectivity index (χ3n) is 3.78. The van der Waals surface area contributed by atoms with Crippen molar-refractivity contribution < 1.29 is 10.0 Å². The van der Waals surface area contributed by atoms with E-state index in [0.29, 0.717) is 6.54 Å². The summed E-state index contributed by atoms with van der Waals surface area (Å²) in [4.78, 5) is 15.9. The van der Waals surface area contributed by atoms with E-state index in [9.17, 15) is 4.79 Å². The Kier molecular flexibility index (Phi) is 5.59. The molecule has 1 rings (SSSR count). The highest BCUT2D eigenvalue weighted by atomic mass is 16.4. The van der Waals surface area contributed by atoms with Crippen LogP contribution >= 0.6 is 0 Å². The fraction of sp³-hybridized carbons (Fsp3) is 0.846. The average Bonchev–Trinajstić information content (AvgIpc) is 2.37. The quantitative estimate of drug-likeness (QED) is 0.610. The number of likely N-dealkylation sites (N-methyl/N-ethyl adjacent to an activating group) is 1. The van der Waals surface area contributed by atoms with Crippen LogP contribution in [0.4, 0.5) is 0 Å². The summed E-state index contributed by atoms with van der Waals surface area (Å²) >= 11 is 0. The first-order chi connectivity index (χ1) is 8.49. The van der Waals surface area contributed by atoms with E-state index in [-0.39, 0.29) is 17.9 Å². The van der Waals surface area contributed by atoms with Gasteiger partial charge in [0.2, 0.25) is 5.91 Å². The second kappa shape index (κ2) is 6.73. The minimum Gasteiger partial charge on any atom is -0.411 e. The van der Waals surface area contributed by atoms with Crippen LogP contribution in [0.5, 0.6) is 0 Å². The summed E-state index contributed by atoms with van der Waals surface area (Å²) in [5.74, 6) is 0.435. The molecule has 0 saturated carbocycles. The molecule has 0 radical (unpaired) electrons. The molecule has 1 amide bonds. The maximum Gasteiger partial charge on any atom is 0.236 e. The van der Waals surface area contributed by atoms with Crippen LogP contribution in [0.2, 0.25) is 0 Å². The van der Waals surface area contributed by atoms with E-state index in [4.69, 9.17) is 5.21 Å². The Morgan fingerprint density at radius 3 is 2.78 bits per heavy atom. The molecule has 1 saturated heterocycles. The number of carbonyl (C=O) groups excluding carboxylic acids is 1. The Morgan fingerprint density at radius 1 is 1.61 bits per heavy atom. The molecule has 104 valence electrons. The molecule has 1 aliphatic heterocycles. The van der Waals surface area contributed by atoms with Gasteiger partial charge < -0.3 is 10.1 Å². The Labute approximate surface area is 109 Å². The highest BCUT2D eigenvalue weighted by molar-refractivity contribution is 5.87. The molecule has 0 aromatic heterocycles. The molecule has 1 atom stereocenters. The van der Waals surface area contributed by atoms with Crippen LogP contribution in [0.3, 0.4) is 0 Å². The highest BCUT2D eigenvalue weighted by Gasteiger charge is 2.26. The average molecular weight is 255 g/mol. The summed E-state index contributed by atoms with van der Waals surface area (Å²) in [6.45, 7) is 8.19. The van der Waals surface area contributed by atoms with Crippen molar-refractivity contribution in [2.75, 3.05) is 26.7 Å². The van der Waals surface area contributed by atoms with Gasteiger partial charge in [-0.05, 0) is 20.3 Å². The van der Waals surface area contributed by atoms with Gasteiger partial charge in [-0.25, -0.2) is 0 Å². The number of nitrogens with zero attached hydrogens (tertiary/aromatic N) is 3. The fourth-order valence-electron chi connectivity index (χ4n) is 2.22. The van der Waals surface area contributed by atoms with Gasteiger partial charge in [-0.1, -0.05) is 12.1 Å². The van der Waals surface area contributed by atoms with Crippen molar-refractivity contribution in [3.63, 3.8) is 0 Å². The first-order valence-corrected chi connectivity index (χ1v) is 6.68. The first kappa shape index (κ1) is 15.0. The predicted molar refractivity (Wildman–Crippen MR) is 72.0 cm³/mol. The van der Waals surface area contributed by atoms with Crippen molar-refractivity contribution in [2.24, 2.45) is 11.1 Å². The number of piperidine rings is 1. The minimum absolute atomic E-state index is 0.157. The third kappa shape index (κ3) is 3.70. The summed E-state index contributed by atoms with van der Waals surface area (Å²) in [6.07, 6.45) is 1.71. The van der Waals surface area contributed by atoms with Crippen molar-refractivity contribution >= 4 is 11.6 Å². The molecule has 18 heavy (non-hydrogen) atoms. The molecule has 1 N–H and O–H groups in total. The monoisotopic (exact) mass is 255 g/mol. The summed E-state index contributed by atoms with van der Waals surface area (Å²) in [7, 11) is 1.84. The van der Waals surface area contributed by atoms with E-state index in [0.717, 1.165) is 31.6 Å². The van der Waals surface area contributed by atoms with E-state index >= 15 is 0 Å². The molecule has 1 aliphatic rings. The molecule has 1 heterocycles. The molecule has 0 spiro atoms. The topological polar surface area (TPSA) is 56.1 Å². The van der Waals surface area contributed by atoms with E-state index < -0.39 is 0 Å². The summed E-state index contributed by atoms with van der Waals surface area (Å²) in [5.41, 5.74) is 0.874. The van der Waals surface area contributed by atoms with Crippen molar-refractivity contribution in [2.45, 2.75) is 39.7 Å². The van der Waals surface area contributed by atoms with Gasteiger partial charge in [0.05, 0.1) is 12.3 Å². The second-order valence-electron chi connectivity index (χ2n) is 5.28. The van der Waals surface area contributed by atoms with E-state index in [2.05, 4.69) is 17.0 Å². The number of hydrogen-bond donors (Lipinski definition) is 1. The Bertz CT molecular complexity index is 315. The molecule has 0 bridgehead atoms. The molecule has 1 fully saturated rings. The maximum absolute atomic E-state index is 12.0. The lowest BCUT2D eigenvalue weighted by atomic mass is 9.93. The van der Waals surface area contributed by atoms with Crippen molar-refractivity contribution in [3.05, 3.63) is 0 Å². The molecule has 0 aromatic rings. The molecular formula is C13H25N3O2. The number of oxime groups is 1. The van der Waals surface area contributed by atoms with Gasteiger partial charge in [-0.3, -0.25) is 9.69 Å². The van der Waals surface area contributed by atoms with Crippen LogP contribution in [0, 0.1) is 5.92 Å². The van der Waals surface area contributed by atoms with Crippen molar-refractivity contribution in [3.8, 4) is 0 Å². The fourth-order valence-corrected chi connectivity index (χ4v) is 2.22. The van der Waals surface area contributed by atoms with Gasteiger partial charge in [0, 0.05) is 38.5 Å². The highest BCUT2D eigenvalue weighted by Crippen LogP contribution is 2.17. The molecule has 0 aliphatic carbocycles. The van der Waals surface area contributed by atoms with Crippen LogP contribution in [0.25, 0.3) is 0 Å². The third-order valence-corrected chi connectivity index (χ3v) is 3.78. The zero-order valence-corrected chi connectivity index (χ0v) is 11.9. The van der Waals surface area contributed by atoms with Crippen LogP contribution in [0.1, 0.15) is 33.6 Å². The maximum atomic E-state index is 12.0. The number of hydrogen-bond acceptors (Lipinski definition) is 4. The van der Waals surface area contributed by atoms with Gasteiger partial charge >= 0.3 is 0 Å². The molecule has 0 aromatic carbocycles. The number of likely N-dealkylation sites (tertiary alicyclic amines) is 1. The molecule has 5 nitrogen and oxygen atoms in total. The first-order valence-electron chi connectivity index (χ1n) is 6.68. The van der Waals surface area contributed by atoms with Crippen LogP contribution in [0.15, 0.2) is 5.16 Å². The van der Waals surface area contributed by atoms with E-state index in [1.807, 2.05) is 20.9 Å². The largest absolute Gasteiger partial charge is 0.411 e. The van der Waals surface area contributed by atoms with Crippen LogP contribution < -0.4 is 0 Å². The minimum atomic E-state index is 0.157. The molecule has 5 heteroatoms. The summed E-state index contributed by atoms with van der Waals surface area (Å²) in [5, 5.41) is 12.3. The lowest BCUT2D eigenvalue weighted by Gasteiger charge is -2.33. The van der Waals surface area contributed by atoms with Crippen molar-refractivity contribution in [1.82, 2.24) is 9.80 Å². The van der Waals surface area contributed by atoms with Gasteiger partial charge in [-0.15, -0.1) is 0 Å². The van der Waals surface area contributed by atoms with Gasteiger partial charge in [0.25, 0.3) is 0 Å². The molecular weight excluding hydrogens is 230 g/mol. The Hall–Kier alpha value is -1.10. The number of carbonyl (C=O) groups is 1. The normalized spacial score (nSPS) is 23.6. The second-order valence-corrected chi connectivity index (χ2v) is 5.28.